The maximum absolute atomic E-state index is 13.3. The molecule has 0 radical (unpaired) electrons. The third kappa shape index (κ3) is 3.95. The first-order valence-corrected chi connectivity index (χ1v) is 9.73. The molecule has 0 atom stereocenters. The van der Waals surface area contributed by atoms with E-state index in [1.165, 1.54) is 10.9 Å². The Bertz CT molecular complexity index is 1210. The van der Waals surface area contributed by atoms with Crippen LogP contribution in [0.2, 0.25) is 0 Å². The van der Waals surface area contributed by atoms with Gasteiger partial charge in [-0.2, -0.15) is 5.10 Å². The fourth-order valence-electron chi connectivity index (χ4n) is 3.19. The zero-order valence-electron chi connectivity index (χ0n) is 17.0. The van der Waals surface area contributed by atoms with Crippen LogP contribution in [0, 0.1) is 6.92 Å². The molecule has 4 aromatic rings. The molecule has 8 nitrogen and oxygen atoms in total. The van der Waals surface area contributed by atoms with Gasteiger partial charge in [-0.15, -0.1) is 0 Å². The molecule has 0 fully saturated rings. The molecular weight excluding hydrogens is 396 g/mol. The number of ether oxygens (including phenoxy) is 1. The lowest BCUT2D eigenvalue weighted by molar-refractivity contribution is 0.0527. The molecule has 0 aliphatic heterocycles. The first kappa shape index (κ1) is 20.1. The number of nitrogens with one attached hydrogen (secondary N) is 1. The number of aryl methyl sites for hydroxylation is 1. The molecule has 0 saturated carbocycles. The SMILES string of the molecule is CCOC(=O)c1cnn(-c2ccccc2)c1NC(=O)c1c(-c2ccccc2)noc1C. The van der Waals surface area contributed by atoms with Gasteiger partial charge in [0.2, 0.25) is 0 Å². The van der Waals surface area contributed by atoms with Crippen molar-refractivity contribution >= 4 is 17.7 Å². The van der Waals surface area contributed by atoms with Gasteiger partial charge in [0.15, 0.2) is 5.82 Å². The zero-order chi connectivity index (χ0) is 21.8. The number of amides is 1. The molecule has 0 spiro atoms. The van der Waals surface area contributed by atoms with E-state index in [0.29, 0.717) is 17.1 Å². The molecule has 8 heteroatoms. The normalized spacial score (nSPS) is 10.6. The van der Waals surface area contributed by atoms with Crippen LogP contribution in [0.3, 0.4) is 0 Å². The molecule has 0 aliphatic carbocycles. The Labute approximate surface area is 178 Å². The second kappa shape index (κ2) is 8.66. The summed E-state index contributed by atoms with van der Waals surface area (Å²) < 4.78 is 11.9. The zero-order valence-corrected chi connectivity index (χ0v) is 17.0. The molecule has 0 saturated heterocycles. The summed E-state index contributed by atoms with van der Waals surface area (Å²) in [5, 5.41) is 11.2. The first-order chi connectivity index (χ1) is 15.1. The number of carbonyl (C=O) groups excluding carboxylic acids is 2. The van der Waals surface area contributed by atoms with Crippen LogP contribution >= 0.6 is 0 Å². The summed E-state index contributed by atoms with van der Waals surface area (Å²) >= 11 is 0. The van der Waals surface area contributed by atoms with E-state index < -0.39 is 11.9 Å². The fourth-order valence-corrected chi connectivity index (χ4v) is 3.19. The molecule has 1 N–H and O–H groups in total. The molecule has 2 heterocycles. The number of anilines is 1. The molecule has 1 amide bonds. The Balaban J connectivity index is 1.76. The summed E-state index contributed by atoms with van der Waals surface area (Å²) in [6.07, 6.45) is 1.37. The predicted molar refractivity (Wildman–Crippen MR) is 114 cm³/mol. The van der Waals surface area contributed by atoms with Gasteiger partial charge in [0.1, 0.15) is 22.6 Å². The molecule has 2 aromatic heterocycles. The second-order valence-corrected chi connectivity index (χ2v) is 6.66. The summed E-state index contributed by atoms with van der Waals surface area (Å²) in [5.74, 6) is -0.486. The topological polar surface area (TPSA) is 99.2 Å². The number of carbonyl (C=O) groups is 2. The Hall–Kier alpha value is -4.20. The standard InChI is InChI=1S/C23H20N4O4/c1-3-30-23(29)18-14-24-27(17-12-8-5-9-13-17)21(18)25-22(28)19-15(2)31-26-20(19)16-10-6-4-7-11-16/h4-14H,3H2,1-2H3,(H,25,28). The van der Waals surface area contributed by atoms with Crippen LogP contribution in [-0.2, 0) is 4.74 Å². The Morgan fingerprint density at radius 1 is 1.06 bits per heavy atom. The molecule has 0 unspecified atom stereocenters. The molecule has 156 valence electrons. The van der Waals surface area contributed by atoms with E-state index in [-0.39, 0.29) is 23.6 Å². The Morgan fingerprint density at radius 2 is 1.74 bits per heavy atom. The number of benzene rings is 2. The number of rotatable bonds is 6. The molecule has 0 aliphatic rings. The highest BCUT2D eigenvalue weighted by Gasteiger charge is 2.26. The van der Waals surface area contributed by atoms with Crippen molar-refractivity contribution in [3.05, 3.63) is 83.7 Å². The average molecular weight is 416 g/mol. The smallest absolute Gasteiger partial charge is 0.343 e. The van der Waals surface area contributed by atoms with Crippen molar-refractivity contribution in [2.24, 2.45) is 0 Å². The number of para-hydroxylation sites is 1. The summed E-state index contributed by atoms with van der Waals surface area (Å²) in [7, 11) is 0. The van der Waals surface area contributed by atoms with Gasteiger partial charge >= 0.3 is 5.97 Å². The van der Waals surface area contributed by atoms with E-state index in [4.69, 9.17) is 9.26 Å². The van der Waals surface area contributed by atoms with Gasteiger partial charge in [0.05, 0.1) is 18.5 Å². The van der Waals surface area contributed by atoms with Crippen molar-refractivity contribution in [3.8, 4) is 16.9 Å². The van der Waals surface area contributed by atoms with Crippen LogP contribution in [0.15, 0.2) is 71.4 Å². The molecular formula is C23H20N4O4. The largest absolute Gasteiger partial charge is 0.462 e. The number of nitrogens with zero attached hydrogens (tertiary/aromatic N) is 3. The highest BCUT2D eigenvalue weighted by atomic mass is 16.5. The van der Waals surface area contributed by atoms with Crippen molar-refractivity contribution < 1.29 is 18.8 Å². The lowest BCUT2D eigenvalue weighted by Gasteiger charge is -2.11. The third-order valence-electron chi connectivity index (χ3n) is 4.63. The summed E-state index contributed by atoms with van der Waals surface area (Å²) in [6, 6.07) is 18.4. The van der Waals surface area contributed by atoms with Crippen LogP contribution < -0.4 is 5.32 Å². The van der Waals surface area contributed by atoms with E-state index in [1.54, 1.807) is 13.8 Å². The van der Waals surface area contributed by atoms with Gasteiger partial charge in [0.25, 0.3) is 5.91 Å². The Kier molecular flexibility index (Phi) is 5.61. The quantitative estimate of drug-likeness (QED) is 0.472. The van der Waals surface area contributed by atoms with Gasteiger partial charge in [-0.3, -0.25) is 4.79 Å². The maximum Gasteiger partial charge on any atom is 0.343 e. The number of aromatic nitrogens is 3. The average Bonchev–Trinajstić information content (AvgIpc) is 3.39. The molecule has 4 rings (SSSR count). The Morgan fingerprint density at radius 3 is 2.42 bits per heavy atom. The van der Waals surface area contributed by atoms with E-state index in [9.17, 15) is 9.59 Å². The fraction of sp³-hybridized carbons (Fsp3) is 0.130. The van der Waals surface area contributed by atoms with Gasteiger partial charge in [-0.1, -0.05) is 53.7 Å². The van der Waals surface area contributed by atoms with Crippen molar-refractivity contribution in [2.45, 2.75) is 13.8 Å². The van der Waals surface area contributed by atoms with E-state index >= 15 is 0 Å². The van der Waals surface area contributed by atoms with E-state index in [2.05, 4.69) is 15.6 Å². The van der Waals surface area contributed by atoms with Crippen LogP contribution in [0.4, 0.5) is 5.82 Å². The summed E-state index contributed by atoms with van der Waals surface area (Å²) in [5.41, 5.74) is 2.26. The van der Waals surface area contributed by atoms with Crippen LogP contribution in [0.1, 0.15) is 33.4 Å². The predicted octanol–water partition coefficient (Wildman–Crippen LogP) is 4.26. The van der Waals surface area contributed by atoms with Gasteiger partial charge in [0, 0.05) is 5.56 Å². The van der Waals surface area contributed by atoms with Crippen molar-refractivity contribution in [2.75, 3.05) is 11.9 Å². The van der Waals surface area contributed by atoms with Crippen LogP contribution in [-0.4, -0.2) is 33.4 Å². The highest BCUT2D eigenvalue weighted by molar-refractivity contribution is 6.10. The van der Waals surface area contributed by atoms with Crippen molar-refractivity contribution in [1.82, 2.24) is 14.9 Å². The molecule has 0 bridgehead atoms. The monoisotopic (exact) mass is 416 g/mol. The maximum atomic E-state index is 13.3. The highest BCUT2D eigenvalue weighted by Crippen LogP contribution is 2.28. The van der Waals surface area contributed by atoms with E-state index in [1.807, 2.05) is 60.7 Å². The minimum Gasteiger partial charge on any atom is -0.462 e. The van der Waals surface area contributed by atoms with Crippen molar-refractivity contribution in [3.63, 3.8) is 0 Å². The van der Waals surface area contributed by atoms with Crippen molar-refractivity contribution in [1.29, 1.82) is 0 Å². The lowest BCUT2D eigenvalue weighted by Crippen LogP contribution is -2.19. The number of esters is 1. The minimum atomic E-state index is -0.578. The lowest BCUT2D eigenvalue weighted by atomic mass is 10.1. The molecule has 2 aromatic carbocycles. The van der Waals surface area contributed by atoms with Gasteiger partial charge in [-0.25, -0.2) is 9.48 Å². The second-order valence-electron chi connectivity index (χ2n) is 6.66. The minimum absolute atomic E-state index is 0.148. The first-order valence-electron chi connectivity index (χ1n) is 9.73. The van der Waals surface area contributed by atoms with E-state index in [0.717, 1.165) is 5.56 Å². The molecule has 31 heavy (non-hydrogen) atoms. The van der Waals surface area contributed by atoms with Crippen LogP contribution in [0.25, 0.3) is 16.9 Å². The van der Waals surface area contributed by atoms with Gasteiger partial charge < -0.3 is 14.6 Å². The van der Waals surface area contributed by atoms with Gasteiger partial charge in [-0.05, 0) is 26.0 Å². The van der Waals surface area contributed by atoms with Crippen LogP contribution in [0.5, 0.6) is 0 Å². The third-order valence-corrected chi connectivity index (χ3v) is 4.63. The number of hydrogen-bond acceptors (Lipinski definition) is 6. The summed E-state index contributed by atoms with van der Waals surface area (Å²) in [4.78, 5) is 25.8. The summed E-state index contributed by atoms with van der Waals surface area (Å²) in [6.45, 7) is 3.57. The number of hydrogen-bond donors (Lipinski definition) is 1.